The van der Waals surface area contributed by atoms with Crippen molar-refractivity contribution in [3.63, 3.8) is 0 Å². The second kappa shape index (κ2) is 6.97. The Hall–Kier alpha value is -1.58. The van der Waals surface area contributed by atoms with Crippen LogP contribution < -0.4 is 4.72 Å². The van der Waals surface area contributed by atoms with Crippen molar-refractivity contribution in [3.05, 3.63) is 34.8 Å². The van der Waals surface area contributed by atoms with E-state index in [0.717, 1.165) is 0 Å². The number of hydrogen-bond acceptors (Lipinski definition) is 7. The zero-order valence-corrected chi connectivity index (χ0v) is 15.7. The molecule has 2 aromatic heterocycles. The first kappa shape index (κ1) is 18.2. The Morgan fingerprint density at radius 1 is 1.52 bits per heavy atom. The van der Waals surface area contributed by atoms with E-state index in [1.54, 1.807) is 11.4 Å². The maximum Gasteiger partial charge on any atom is 0.422 e. The van der Waals surface area contributed by atoms with Crippen LogP contribution in [0, 0.1) is 5.92 Å². The predicted octanol–water partition coefficient (Wildman–Crippen LogP) is 3.47. The highest BCUT2D eigenvalue weighted by Crippen LogP contribution is 2.44. The first-order chi connectivity index (χ1) is 11.8. The molecule has 1 amide bonds. The average Bonchev–Trinajstić information content (AvgIpc) is 3.23. The number of ether oxygens (including phenoxy) is 1. The van der Waals surface area contributed by atoms with Gasteiger partial charge >= 0.3 is 6.09 Å². The molecule has 2 aromatic rings. The Bertz CT molecular complexity index is 822. The van der Waals surface area contributed by atoms with E-state index in [1.807, 2.05) is 11.6 Å². The van der Waals surface area contributed by atoms with Crippen LogP contribution in [0.4, 0.5) is 4.79 Å². The summed E-state index contributed by atoms with van der Waals surface area (Å²) in [6, 6.07) is 3.02. The quantitative estimate of drug-likeness (QED) is 0.783. The number of carbonyl (C=O) groups is 1. The van der Waals surface area contributed by atoms with Crippen LogP contribution in [0.3, 0.4) is 0 Å². The molecule has 0 spiro atoms. The molecular formula is C15H17ClN2O5S2. The number of halogens is 1. The number of rotatable bonds is 4. The first-order valence-corrected chi connectivity index (χ1v) is 10.5. The molecule has 0 aliphatic heterocycles. The Labute approximate surface area is 154 Å². The van der Waals surface area contributed by atoms with E-state index in [9.17, 15) is 13.2 Å². The minimum absolute atomic E-state index is 0.0148. The SMILES string of the molecule is CC1CC(OC(=O)NS(=O)(=O)c2ccsc2)(c2ccno2)CCC1Cl. The Kier molecular flexibility index (Phi) is 5.08. The van der Waals surface area contributed by atoms with Gasteiger partial charge in [0.05, 0.1) is 11.1 Å². The number of carbonyl (C=O) groups excluding carboxylic acids is 1. The number of thiophene rings is 1. The number of sulfonamides is 1. The van der Waals surface area contributed by atoms with Crippen LogP contribution in [0.1, 0.15) is 31.9 Å². The lowest BCUT2D eigenvalue weighted by Gasteiger charge is -2.39. The average molecular weight is 405 g/mol. The zero-order chi connectivity index (χ0) is 18.1. The highest BCUT2D eigenvalue weighted by Gasteiger charge is 2.46. The third-order valence-electron chi connectivity index (χ3n) is 4.29. The summed E-state index contributed by atoms with van der Waals surface area (Å²) in [5.74, 6) is 0.438. The van der Waals surface area contributed by atoms with Crippen LogP contribution in [0.2, 0.25) is 0 Å². The number of nitrogens with one attached hydrogen (secondary N) is 1. The fourth-order valence-corrected chi connectivity index (χ4v) is 5.10. The Morgan fingerprint density at radius 3 is 2.92 bits per heavy atom. The lowest BCUT2D eigenvalue weighted by Crippen LogP contribution is -2.44. The largest absolute Gasteiger partial charge is 0.434 e. The molecule has 3 atom stereocenters. The van der Waals surface area contributed by atoms with Crippen LogP contribution in [0.25, 0.3) is 0 Å². The lowest BCUT2D eigenvalue weighted by molar-refractivity contribution is -0.0493. The molecule has 1 fully saturated rings. The molecule has 1 aliphatic carbocycles. The van der Waals surface area contributed by atoms with Gasteiger partial charge in [-0.15, -0.1) is 11.6 Å². The summed E-state index contributed by atoms with van der Waals surface area (Å²) >= 11 is 7.49. The molecule has 7 nitrogen and oxygen atoms in total. The highest BCUT2D eigenvalue weighted by molar-refractivity contribution is 7.90. The van der Waals surface area contributed by atoms with Gasteiger partial charge in [0.15, 0.2) is 11.4 Å². The lowest BCUT2D eigenvalue weighted by atomic mass is 9.77. The predicted molar refractivity (Wildman–Crippen MR) is 92.0 cm³/mol. The summed E-state index contributed by atoms with van der Waals surface area (Å²) in [6.07, 6.45) is 1.85. The molecule has 10 heteroatoms. The zero-order valence-electron chi connectivity index (χ0n) is 13.3. The molecule has 1 N–H and O–H groups in total. The van der Waals surface area contributed by atoms with Gasteiger partial charge in [-0.25, -0.2) is 17.9 Å². The van der Waals surface area contributed by atoms with Crippen molar-refractivity contribution in [1.29, 1.82) is 0 Å². The van der Waals surface area contributed by atoms with Gasteiger partial charge in [-0.3, -0.25) is 0 Å². The molecule has 0 saturated heterocycles. The van der Waals surface area contributed by atoms with E-state index in [4.69, 9.17) is 20.9 Å². The third kappa shape index (κ3) is 3.83. The van der Waals surface area contributed by atoms with E-state index in [-0.39, 0.29) is 16.2 Å². The molecule has 136 valence electrons. The Balaban J connectivity index is 1.80. The van der Waals surface area contributed by atoms with Gasteiger partial charge in [-0.05, 0) is 36.6 Å². The van der Waals surface area contributed by atoms with Gasteiger partial charge < -0.3 is 9.26 Å². The van der Waals surface area contributed by atoms with Crippen molar-refractivity contribution in [2.24, 2.45) is 5.92 Å². The van der Waals surface area contributed by atoms with Crippen molar-refractivity contribution in [2.45, 2.75) is 42.1 Å². The van der Waals surface area contributed by atoms with E-state index in [2.05, 4.69) is 5.16 Å². The smallest absolute Gasteiger partial charge is 0.422 e. The molecule has 1 saturated carbocycles. The van der Waals surface area contributed by atoms with Gasteiger partial charge in [0.25, 0.3) is 10.0 Å². The number of nitrogens with zero attached hydrogens (tertiary/aromatic N) is 1. The molecular weight excluding hydrogens is 388 g/mol. The fourth-order valence-electron chi connectivity index (χ4n) is 3.00. The second-order valence-corrected chi connectivity index (χ2v) is 9.08. The molecule has 0 bridgehead atoms. The van der Waals surface area contributed by atoms with Crippen molar-refractivity contribution in [3.8, 4) is 0 Å². The minimum Gasteiger partial charge on any atom is -0.434 e. The molecule has 1 aliphatic rings. The topological polar surface area (TPSA) is 98.5 Å². The standard InChI is InChI=1S/C15H17ClN2O5S2/c1-10-8-15(5-2-12(10)16,13-3-6-17-23-13)22-14(19)18-25(20,21)11-4-7-24-9-11/h3-4,6-7,9-10,12H,2,5,8H2,1H3,(H,18,19). The number of alkyl halides is 1. The second-order valence-electron chi connectivity index (χ2n) is 6.06. The molecule has 25 heavy (non-hydrogen) atoms. The molecule has 3 unspecified atom stereocenters. The van der Waals surface area contributed by atoms with Gasteiger partial charge in [-0.1, -0.05) is 12.1 Å². The van der Waals surface area contributed by atoms with E-state index < -0.39 is 21.7 Å². The van der Waals surface area contributed by atoms with E-state index in [1.165, 1.54) is 29.0 Å². The van der Waals surface area contributed by atoms with Crippen molar-refractivity contribution in [1.82, 2.24) is 9.88 Å². The van der Waals surface area contributed by atoms with Gasteiger partial charge in [0.1, 0.15) is 0 Å². The molecule has 0 radical (unpaired) electrons. The molecule has 3 rings (SSSR count). The van der Waals surface area contributed by atoms with Gasteiger partial charge in [-0.2, -0.15) is 11.3 Å². The maximum absolute atomic E-state index is 12.3. The van der Waals surface area contributed by atoms with Crippen molar-refractivity contribution < 1.29 is 22.5 Å². The number of hydrogen-bond donors (Lipinski definition) is 1. The summed E-state index contributed by atoms with van der Waals surface area (Å²) in [5.41, 5.74) is -1.09. The first-order valence-electron chi connectivity index (χ1n) is 7.66. The number of amides is 1. The van der Waals surface area contributed by atoms with Crippen LogP contribution >= 0.6 is 22.9 Å². The van der Waals surface area contributed by atoms with Crippen molar-refractivity contribution in [2.75, 3.05) is 0 Å². The van der Waals surface area contributed by atoms with Crippen LogP contribution in [-0.2, 0) is 20.4 Å². The summed E-state index contributed by atoms with van der Waals surface area (Å²) in [5, 5.41) is 6.67. The summed E-state index contributed by atoms with van der Waals surface area (Å²) in [4.78, 5) is 12.3. The molecule has 0 aromatic carbocycles. The molecule has 2 heterocycles. The summed E-state index contributed by atoms with van der Waals surface area (Å²) < 4.78 is 37.1. The van der Waals surface area contributed by atoms with Gasteiger partial charge in [0.2, 0.25) is 0 Å². The normalized spacial score (nSPS) is 27.0. The Morgan fingerprint density at radius 2 is 2.32 bits per heavy atom. The maximum atomic E-state index is 12.3. The number of aromatic nitrogens is 1. The monoisotopic (exact) mass is 404 g/mol. The van der Waals surface area contributed by atoms with E-state index >= 15 is 0 Å². The third-order valence-corrected chi connectivity index (χ3v) is 7.08. The fraction of sp³-hybridized carbons (Fsp3) is 0.467. The van der Waals surface area contributed by atoms with Gasteiger partial charge in [0, 0.05) is 16.8 Å². The summed E-state index contributed by atoms with van der Waals surface area (Å²) in [6.45, 7) is 1.95. The van der Waals surface area contributed by atoms with E-state index in [0.29, 0.717) is 25.0 Å². The van der Waals surface area contributed by atoms with Crippen LogP contribution in [0.5, 0.6) is 0 Å². The minimum atomic E-state index is -3.97. The van der Waals surface area contributed by atoms with Crippen LogP contribution in [-0.4, -0.2) is 25.0 Å². The summed E-state index contributed by atoms with van der Waals surface area (Å²) in [7, 11) is -3.97. The van der Waals surface area contributed by atoms with Crippen molar-refractivity contribution >= 4 is 39.1 Å². The van der Waals surface area contributed by atoms with Crippen LogP contribution in [0.15, 0.2) is 38.5 Å². The highest BCUT2D eigenvalue weighted by atomic mass is 35.5.